The van der Waals surface area contributed by atoms with Crippen LogP contribution in [0.1, 0.15) is 25.0 Å². The monoisotopic (exact) mass is 667 g/mol. The normalized spacial score (nSPS) is 13.3. The summed E-state index contributed by atoms with van der Waals surface area (Å²) < 4.78 is 13.1. The molecule has 0 unspecified atom stereocenters. The van der Waals surface area contributed by atoms with Crippen LogP contribution in [0.3, 0.4) is 0 Å². The van der Waals surface area contributed by atoms with E-state index in [4.69, 9.17) is 8.83 Å². The lowest BCUT2D eigenvalue weighted by Crippen LogP contribution is -2.16. The van der Waals surface area contributed by atoms with Crippen LogP contribution in [0, 0.1) is 0 Å². The van der Waals surface area contributed by atoms with Crippen molar-refractivity contribution in [1.82, 2.24) is 0 Å². The number of rotatable bonds is 4. The molecule has 8 aromatic carbocycles. The lowest BCUT2D eigenvalue weighted by atomic mass is 9.82. The topological polar surface area (TPSA) is 29.5 Å². The summed E-state index contributed by atoms with van der Waals surface area (Å²) in [7, 11) is 0. The van der Waals surface area contributed by atoms with Crippen LogP contribution in [-0.4, -0.2) is 0 Å². The fourth-order valence-corrected chi connectivity index (χ4v) is 8.76. The zero-order valence-corrected chi connectivity index (χ0v) is 28.9. The van der Waals surface area contributed by atoms with Crippen LogP contribution < -0.4 is 4.90 Å². The number of furan rings is 2. The van der Waals surface area contributed by atoms with Crippen LogP contribution in [0.2, 0.25) is 0 Å². The molecule has 2 heterocycles. The number of nitrogens with zero attached hydrogens (tertiary/aromatic N) is 1. The Hall–Kier alpha value is -6.58. The lowest BCUT2D eigenvalue weighted by Gasteiger charge is -2.28. The van der Waals surface area contributed by atoms with Crippen LogP contribution in [0.15, 0.2) is 173 Å². The van der Waals surface area contributed by atoms with Crippen LogP contribution in [0.4, 0.5) is 17.1 Å². The molecular formula is C49H33NO2. The summed E-state index contributed by atoms with van der Waals surface area (Å²) in [6.07, 6.45) is 0. The van der Waals surface area contributed by atoms with E-state index in [0.29, 0.717) is 0 Å². The molecule has 0 spiro atoms. The Morgan fingerprint density at radius 2 is 1.02 bits per heavy atom. The largest absolute Gasteiger partial charge is 0.456 e. The van der Waals surface area contributed by atoms with Gasteiger partial charge in [-0.2, -0.15) is 0 Å². The molecule has 1 aliphatic carbocycles. The van der Waals surface area contributed by atoms with Gasteiger partial charge in [-0.05, 0) is 98.8 Å². The quantitative estimate of drug-likeness (QED) is 0.187. The van der Waals surface area contributed by atoms with E-state index in [9.17, 15) is 0 Å². The molecule has 0 bridgehead atoms. The maximum absolute atomic E-state index is 6.81. The van der Waals surface area contributed by atoms with Gasteiger partial charge in [-0.15, -0.1) is 0 Å². The van der Waals surface area contributed by atoms with E-state index < -0.39 is 0 Å². The number of fused-ring (bicyclic) bond motifs is 11. The number of para-hydroxylation sites is 1. The summed E-state index contributed by atoms with van der Waals surface area (Å²) in [6, 6.07) is 58.7. The second-order valence-electron chi connectivity index (χ2n) is 14.5. The highest BCUT2D eigenvalue weighted by Crippen LogP contribution is 2.51. The van der Waals surface area contributed by atoms with Crippen molar-refractivity contribution in [3.8, 4) is 22.3 Å². The van der Waals surface area contributed by atoms with E-state index >= 15 is 0 Å². The lowest BCUT2D eigenvalue weighted by molar-refractivity contribution is 0.660. The molecule has 3 nitrogen and oxygen atoms in total. The number of hydrogen-bond donors (Lipinski definition) is 0. The molecule has 3 heteroatoms. The molecule has 0 saturated carbocycles. The number of benzene rings is 8. The molecule has 0 fully saturated rings. The van der Waals surface area contributed by atoms with E-state index in [1.165, 1.54) is 44.2 Å². The van der Waals surface area contributed by atoms with Gasteiger partial charge in [0.25, 0.3) is 0 Å². The van der Waals surface area contributed by atoms with Crippen LogP contribution in [0.5, 0.6) is 0 Å². The number of hydrogen-bond acceptors (Lipinski definition) is 3. The zero-order valence-electron chi connectivity index (χ0n) is 28.9. The highest BCUT2D eigenvalue weighted by Gasteiger charge is 2.35. The SMILES string of the molecule is CC1(C)c2ccccc2-c2ccc(N(c3ccc4c(c3)oc3cc(-c5ccccc5)c5ccccc5c34)c3ccc4oc5ccccc5c4c3)cc21. The summed E-state index contributed by atoms with van der Waals surface area (Å²) in [5, 5.41) is 6.87. The summed E-state index contributed by atoms with van der Waals surface area (Å²) in [5.41, 5.74) is 14.2. The Morgan fingerprint density at radius 1 is 0.385 bits per heavy atom. The second-order valence-corrected chi connectivity index (χ2v) is 14.5. The van der Waals surface area contributed by atoms with Crippen LogP contribution in [0.25, 0.3) is 76.9 Å². The summed E-state index contributed by atoms with van der Waals surface area (Å²) in [5.74, 6) is 0. The summed E-state index contributed by atoms with van der Waals surface area (Å²) in [6.45, 7) is 4.67. The molecule has 0 aliphatic heterocycles. The van der Waals surface area contributed by atoms with Gasteiger partial charge in [0.2, 0.25) is 0 Å². The van der Waals surface area contributed by atoms with Crippen molar-refractivity contribution in [2.45, 2.75) is 19.3 Å². The molecule has 0 atom stereocenters. The fourth-order valence-electron chi connectivity index (χ4n) is 8.76. The van der Waals surface area contributed by atoms with Crippen molar-refractivity contribution in [2.24, 2.45) is 0 Å². The van der Waals surface area contributed by atoms with Crippen molar-refractivity contribution >= 4 is 71.7 Å². The molecule has 0 radical (unpaired) electrons. The van der Waals surface area contributed by atoms with Gasteiger partial charge in [0.05, 0.1) is 0 Å². The molecule has 52 heavy (non-hydrogen) atoms. The molecule has 0 N–H and O–H groups in total. The van der Waals surface area contributed by atoms with Crippen LogP contribution in [-0.2, 0) is 5.41 Å². The minimum absolute atomic E-state index is 0.126. The van der Waals surface area contributed by atoms with Gasteiger partial charge >= 0.3 is 0 Å². The van der Waals surface area contributed by atoms with E-state index in [1.54, 1.807) is 0 Å². The first kappa shape index (κ1) is 29.2. The Bertz CT molecular complexity index is 3050. The molecule has 2 aromatic heterocycles. The summed E-state index contributed by atoms with van der Waals surface area (Å²) >= 11 is 0. The first-order chi connectivity index (χ1) is 25.5. The van der Waals surface area contributed by atoms with Crippen molar-refractivity contribution in [3.05, 3.63) is 175 Å². The van der Waals surface area contributed by atoms with Crippen molar-refractivity contribution in [3.63, 3.8) is 0 Å². The third-order valence-corrected chi connectivity index (χ3v) is 11.2. The number of anilines is 3. The average Bonchev–Trinajstić information content (AvgIpc) is 3.82. The molecule has 1 aliphatic rings. The third-order valence-electron chi connectivity index (χ3n) is 11.2. The zero-order chi connectivity index (χ0) is 34.6. The first-order valence-corrected chi connectivity index (χ1v) is 17.9. The van der Waals surface area contributed by atoms with Crippen molar-refractivity contribution < 1.29 is 8.83 Å². The molecule has 0 amide bonds. The Balaban J connectivity index is 1.14. The highest BCUT2D eigenvalue weighted by atomic mass is 16.3. The van der Waals surface area contributed by atoms with Gasteiger partial charge in [0, 0.05) is 50.1 Å². The standard InChI is InChI=1S/C49H33NO2/c1-49(2)42-18-10-8-15-35(42)36-23-20-32(27-43(36)49)50(31-22-25-45-41(26-31)37-16-9-11-19-44(37)51-45)33-21-24-39-46(28-33)52-47-29-40(30-12-4-3-5-13-30)34-14-6-7-17-38(34)48(39)47/h3-29H,1-2H3. The maximum Gasteiger partial charge on any atom is 0.137 e. The molecule has 246 valence electrons. The van der Waals surface area contributed by atoms with Gasteiger partial charge in [0.15, 0.2) is 0 Å². The van der Waals surface area contributed by atoms with Crippen LogP contribution >= 0.6 is 0 Å². The predicted octanol–water partition coefficient (Wildman–Crippen LogP) is 14.1. The third kappa shape index (κ3) is 4.14. The van der Waals surface area contributed by atoms with E-state index in [-0.39, 0.29) is 5.41 Å². The van der Waals surface area contributed by atoms with Gasteiger partial charge in [-0.3, -0.25) is 0 Å². The van der Waals surface area contributed by atoms with Gasteiger partial charge < -0.3 is 13.7 Å². The molecule has 10 aromatic rings. The maximum atomic E-state index is 6.81. The second kappa shape index (κ2) is 10.7. The minimum Gasteiger partial charge on any atom is -0.456 e. The van der Waals surface area contributed by atoms with Gasteiger partial charge in [0.1, 0.15) is 22.3 Å². The fraction of sp³-hybridized carbons (Fsp3) is 0.0612. The van der Waals surface area contributed by atoms with Gasteiger partial charge in [-0.25, -0.2) is 0 Å². The molecular weight excluding hydrogens is 635 g/mol. The Labute approximate surface area is 301 Å². The van der Waals surface area contributed by atoms with Gasteiger partial charge in [-0.1, -0.05) is 117 Å². The molecule has 0 saturated heterocycles. The van der Waals surface area contributed by atoms with Crippen molar-refractivity contribution in [2.75, 3.05) is 4.90 Å². The minimum atomic E-state index is -0.126. The average molecular weight is 668 g/mol. The van der Waals surface area contributed by atoms with E-state index in [0.717, 1.165) is 60.9 Å². The van der Waals surface area contributed by atoms with E-state index in [1.807, 2.05) is 12.1 Å². The summed E-state index contributed by atoms with van der Waals surface area (Å²) in [4.78, 5) is 2.36. The Kier molecular flexibility index (Phi) is 6.01. The van der Waals surface area contributed by atoms with E-state index in [2.05, 4.69) is 170 Å². The predicted molar refractivity (Wildman–Crippen MR) is 216 cm³/mol. The first-order valence-electron chi connectivity index (χ1n) is 17.9. The highest BCUT2D eigenvalue weighted by molar-refractivity contribution is 6.22. The smallest absolute Gasteiger partial charge is 0.137 e. The molecule has 11 rings (SSSR count). The van der Waals surface area contributed by atoms with Crippen molar-refractivity contribution in [1.29, 1.82) is 0 Å². The Morgan fingerprint density at radius 3 is 1.90 bits per heavy atom.